The Balaban J connectivity index is 1.37. The van der Waals surface area contributed by atoms with Gasteiger partial charge >= 0.3 is 6.18 Å². The predicted molar refractivity (Wildman–Crippen MR) is 133 cm³/mol. The van der Waals surface area contributed by atoms with Crippen LogP contribution in [0.2, 0.25) is 0 Å². The van der Waals surface area contributed by atoms with E-state index in [1.165, 1.54) is 0 Å². The van der Waals surface area contributed by atoms with Crippen LogP contribution < -0.4 is 11.1 Å². The van der Waals surface area contributed by atoms with Gasteiger partial charge < -0.3 is 20.4 Å². The summed E-state index contributed by atoms with van der Waals surface area (Å²) in [7, 11) is 0. The van der Waals surface area contributed by atoms with Crippen molar-refractivity contribution >= 4 is 33.7 Å². The lowest BCUT2D eigenvalue weighted by molar-refractivity contribution is -0.137. The van der Waals surface area contributed by atoms with E-state index in [1.54, 1.807) is 0 Å². The largest absolute Gasteiger partial charge is 0.416 e. The number of halogens is 3. The van der Waals surface area contributed by atoms with Gasteiger partial charge in [0.25, 0.3) is 5.91 Å². The van der Waals surface area contributed by atoms with Crippen molar-refractivity contribution in [3.05, 3.63) is 65.5 Å². The maximum absolute atomic E-state index is 12.7. The fourth-order valence-electron chi connectivity index (χ4n) is 4.08. The van der Waals surface area contributed by atoms with Crippen LogP contribution in [-0.4, -0.2) is 40.2 Å². The summed E-state index contributed by atoms with van der Waals surface area (Å²) in [6.45, 7) is 3.55. The molecule has 1 amide bonds. The van der Waals surface area contributed by atoms with Crippen LogP contribution in [0.15, 0.2) is 48.5 Å². The van der Waals surface area contributed by atoms with E-state index in [0.717, 1.165) is 65.8 Å². The van der Waals surface area contributed by atoms with Crippen LogP contribution in [0.5, 0.6) is 0 Å². The second-order valence-corrected chi connectivity index (χ2v) is 8.44. The molecule has 0 saturated carbocycles. The molecule has 10 heteroatoms. The van der Waals surface area contributed by atoms with Crippen molar-refractivity contribution in [2.24, 2.45) is 0 Å². The van der Waals surface area contributed by atoms with E-state index in [1.807, 2.05) is 24.3 Å². The minimum absolute atomic E-state index is 0.159. The molecule has 0 saturated heterocycles. The first-order valence-electron chi connectivity index (χ1n) is 11.9. The van der Waals surface area contributed by atoms with Gasteiger partial charge in [0, 0.05) is 30.5 Å². The van der Waals surface area contributed by atoms with Crippen LogP contribution in [0.25, 0.3) is 21.9 Å². The Labute approximate surface area is 206 Å². The van der Waals surface area contributed by atoms with Crippen molar-refractivity contribution < 1.29 is 22.7 Å². The molecule has 2 aromatic carbocycles. The first kappa shape index (κ1) is 25.4. The molecule has 7 nitrogen and oxygen atoms in total. The van der Waals surface area contributed by atoms with Crippen molar-refractivity contribution in [2.45, 2.75) is 38.9 Å². The molecule has 2 aromatic heterocycles. The number of aryl methyl sites for hydroxylation is 1. The number of rotatable bonds is 10. The van der Waals surface area contributed by atoms with Crippen LogP contribution in [0, 0.1) is 0 Å². The third-order valence-corrected chi connectivity index (χ3v) is 5.91. The van der Waals surface area contributed by atoms with Gasteiger partial charge in [-0.1, -0.05) is 31.5 Å². The number of nitrogens with one attached hydrogen (secondary N) is 1. The Kier molecular flexibility index (Phi) is 7.73. The molecule has 0 unspecified atom stereocenters. The first-order valence-corrected chi connectivity index (χ1v) is 11.9. The van der Waals surface area contributed by atoms with Crippen LogP contribution in [0.4, 0.5) is 19.0 Å². The molecule has 4 rings (SSSR count). The second kappa shape index (κ2) is 10.9. The Hall–Kier alpha value is -3.66. The number of aromatic nitrogens is 3. The van der Waals surface area contributed by atoms with E-state index in [2.05, 4.69) is 21.8 Å². The molecular weight excluding hydrogens is 471 g/mol. The minimum Gasteiger partial charge on any atom is -0.382 e. The SMILES string of the molecule is CCCCc1nc2c(N)nc3ccccc3c2n1CCOCCNC(=O)c1ccc(C(F)(F)F)cc1. The molecule has 0 aliphatic carbocycles. The lowest BCUT2D eigenvalue weighted by atomic mass is 10.1. The zero-order valence-corrected chi connectivity index (χ0v) is 19.9. The lowest BCUT2D eigenvalue weighted by Gasteiger charge is -2.12. The number of hydrogen-bond acceptors (Lipinski definition) is 5. The van der Waals surface area contributed by atoms with Gasteiger partial charge in [0.05, 0.1) is 29.8 Å². The number of amides is 1. The summed E-state index contributed by atoms with van der Waals surface area (Å²) >= 11 is 0. The van der Waals surface area contributed by atoms with Crippen molar-refractivity contribution in [1.29, 1.82) is 0 Å². The summed E-state index contributed by atoms with van der Waals surface area (Å²) in [4.78, 5) is 21.5. The molecule has 0 bridgehead atoms. The number of para-hydroxylation sites is 1. The molecule has 0 radical (unpaired) electrons. The molecule has 0 fully saturated rings. The van der Waals surface area contributed by atoms with Gasteiger partial charge in [0.1, 0.15) is 11.3 Å². The molecule has 0 aliphatic heterocycles. The standard InChI is InChI=1S/C26H28F3N5O2/c1-2-3-8-21-33-22-23(19-6-4-5-7-20(19)32-24(22)30)34(21)14-16-36-15-13-31-25(35)17-9-11-18(12-10-17)26(27,28)29/h4-7,9-12H,2-3,8,13-16H2,1H3,(H2,30,32)(H,31,35). The number of nitrogens with two attached hydrogens (primary N) is 1. The highest BCUT2D eigenvalue weighted by molar-refractivity contribution is 6.06. The van der Waals surface area contributed by atoms with Gasteiger partial charge in [0.15, 0.2) is 5.82 Å². The van der Waals surface area contributed by atoms with E-state index in [9.17, 15) is 18.0 Å². The zero-order chi connectivity index (χ0) is 25.7. The van der Waals surface area contributed by atoms with Crippen LogP contribution in [0.3, 0.4) is 0 Å². The number of fused-ring (bicyclic) bond motifs is 3. The van der Waals surface area contributed by atoms with Gasteiger partial charge in [-0.3, -0.25) is 4.79 Å². The molecule has 4 aromatic rings. The summed E-state index contributed by atoms with van der Waals surface area (Å²) < 4.78 is 45.9. The van der Waals surface area contributed by atoms with Crippen molar-refractivity contribution in [3.8, 4) is 0 Å². The van der Waals surface area contributed by atoms with Crippen LogP contribution in [0.1, 0.15) is 41.5 Å². The quantitative estimate of drug-likeness (QED) is 0.300. The molecule has 2 heterocycles. The van der Waals surface area contributed by atoms with E-state index in [-0.39, 0.29) is 18.7 Å². The van der Waals surface area contributed by atoms with Gasteiger partial charge in [0.2, 0.25) is 0 Å². The van der Waals surface area contributed by atoms with Gasteiger partial charge in [-0.25, -0.2) is 9.97 Å². The number of nitrogens with zero attached hydrogens (tertiary/aromatic N) is 3. The summed E-state index contributed by atoms with van der Waals surface area (Å²) in [5.41, 5.74) is 8.01. The number of carbonyl (C=O) groups excluding carboxylic acids is 1. The maximum atomic E-state index is 12.7. The molecule has 190 valence electrons. The normalized spacial score (nSPS) is 11.9. The third-order valence-electron chi connectivity index (χ3n) is 5.91. The summed E-state index contributed by atoms with van der Waals surface area (Å²) in [6.07, 6.45) is -1.60. The number of unbranched alkanes of at least 4 members (excludes halogenated alkanes) is 1. The highest BCUT2D eigenvalue weighted by atomic mass is 19.4. The van der Waals surface area contributed by atoms with E-state index in [4.69, 9.17) is 15.5 Å². The minimum atomic E-state index is -4.44. The topological polar surface area (TPSA) is 95.1 Å². The Morgan fingerprint density at radius 3 is 2.56 bits per heavy atom. The van der Waals surface area contributed by atoms with Crippen LogP contribution >= 0.6 is 0 Å². The maximum Gasteiger partial charge on any atom is 0.416 e. The molecule has 0 aliphatic rings. The second-order valence-electron chi connectivity index (χ2n) is 8.44. The summed E-state index contributed by atoms with van der Waals surface area (Å²) in [6, 6.07) is 11.9. The first-order chi connectivity index (χ1) is 17.3. The number of pyridine rings is 1. The molecule has 3 N–H and O–H groups in total. The van der Waals surface area contributed by atoms with Crippen molar-refractivity contribution in [2.75, 3.05) is 25.5 Å². The average Bonchev–Trinajstić information content (AvgIpc) is 3.23. The highest BCUT2D eigenvalue weighted by Crippen LogP contribution is 2.30. The number of benzene rings is 2. The number of anilines is 1. The number of ether oxygens (including phenoxy) is 1. The summed E-state index contributed by atoms with van der Waals surface area (Å²) in [5, 5.41) is 3.64. The van der Waals surface area contributed by atoms with E-state index >= 15 is 0 Å². The monoisotopic (exact) mass is 499 g/mol. The lowest BCUT2D eigenvalue weighted by Crippen LogP contribution is -2.27. The Morgan fingerprint density at radius 1 is 1.08 bits per heavy atom. The average molecular weight is 500 g/mol. The molecule has 36 heavy (non-hydrogen) atoms. The van der Waals surface area contributed by atoms with E-state index in [0.29, 0.717) is 24.5 Å². The zero-order valence-electron chi connectivity index (χ0n) is 19.9. The van der Waals surface area contributed by atoms with E-state index < -0.39 is 17.6 Å². The number of imidazole rings is 1. The number of alkyl halides is 3. The number of hydrogen-bond donors (Lipinski definition) is 2. The third kappa shape index (κ3) is 5.59. The number of carbonyl (C=O) groups is 1. The Morgan fingerprint density at radius 2 is 1.83 bits per heavy atom. The summed E-state index contributed by atoms with van der Waals surface area (Å²) in [5.74, 6) is 0.868. The van der Waals surface area contributed by atoms with Crippen molar-refractivity contribution in [1.82, 2.24) is 19.9 Å². The van der Waals surface area contributed by atoms with Gasteiger partial charge in [-0.2, -0.15) is 13.2 Å². The van der Waals surface area contributed by atoms with Crippen LogP contribution in [-0.2, 0) is 23.9 Å². The smallest absolute Gasteiger partial charge is 0.382 e. The number of nitrogen functional groups attached to an aromatic ring is 1. The fourth-order valence-corrected chi connectivity index (χ4v) is 4.08. The fraction of sp³-hybridized carbons (Fsp3) is 0.346. The van der Waals surface area contributed by atoms with Crippen molar-refractivity contribution in [3.63, 3.8) is 0 Å². The predicted octanol–water partition coefficient (Wildman–Crippen LogP) is 4.97. The van der Waals surface area contributed by atoms with Gasteiger partial charge in [-0.05, 0) is 36.8 Å². The molecule has 0 spiro atoms. The highest BCUT2D eigenvalue weighted by Gasteiger charge is 2.30. The Bertz CT molecular complexity index is 1350. The molecular formula is C26H28F3N5O2. The molecule has 0 atom stereocenters. The van der Waals surface area contributed by atoms with Gasteiger partial charge in [-0.15, -0.1) is 0 Å².